The van der Waals surface area contributed by atoms with Gasteiger partial charge < -0.3 is 9.64 Å². The second kappa shape index (κ2) is 6.30. The van der Waals surface area contributed by atoms with Crippen LogP contribution >= 0.6 is 0 Å². The minimum absolute atomic E-state index is 0.00801. The minimum atomic E-state index is -0.323. The van der Waals surface area contributed by atoms with Gasteiger partial charge in [-0.2, -0.15) is 0 Å². The fourth-order valence-electron chi connectivity index (χ4n) is 2.02. The van der Waals surface area contributed by atoms with Gasteiger partial charge in [0.05, 0.1) is 7.11 Å². The van der Waals surface area contributed by atoms with Gasteiger partial charge in [-0.05, 0) is 19.3 Å². The van der Waals surface area contributed by atoms with E-state index in [-0.39, 0.29) is 17.9 Å². The van der Waals surface area contributed by atoms with E-state index in [1.165, 1.54) is 7.11 Å². The maximum atomic E-state index is 11.5. The summed E-state index contributed by atoms with van der Waals surface area (Å²) in [6.07, 6.45) is 5.16. The molecule has 0 aliphatic carbocycles. The molecule has 0 N–H and O–H groups in total. The van der Waals surface area contributed by atoms with Crippen LogP contribution in [0, 0.1) is 0 Å². The maximum absolute atomic E-state index is 11.5. The summed E-state index contributed by atoms with van der Waals surface area (Å²) < 4.78 is 4.72. The van der Waals surface area contributed by atoms with Crippen molar-refractivity contribution in [1.29, 1.82) is 0 Å². The highest BCUT2D eigenvalue weighted by atomic mass is 16.5. The molecular weight excluding hydrogens is 206 g/mol. The van der Waals surface area contributed by atoms with E-state index in [2.05, 4.69) is 6.58 Å². The predicted octanol–water partition coefficient (Wildman–Crippen LogP) is 2.14. The molecule has 1 rings (SSSR count). The number of unbranched alkanes of at least 4 members (excludes halogenated alkanes) is 1. The molecule has 90 valence electrons. The van der Waals surface area contributed by atoms with Gasteiger partial charge in [-0.1, -0.05) is 6.08 Å². The summed E-state index contributed by atoms with van der Waals surface area (Å²) in [7, 11) is 1.37. The van der Waals surface area contributed by atoms with Crippen molar-refractivity contribution in [1.82, 2.24) is 4.90 Å². The van der Waals surface area contributed by atoms with E-state index in [1.807, 2.05) is 6.08 Å². The summed E-state index contributed by atoms with van der Waals surface area (Å²) >= 11 is 0. The monoisotopic (exact) mass is 225 g/mol. The first kappa shape index (κ1) is 12.7. The number of amides is 1. The zero-order valence-electron chi connectivity index (χ0n) is 9.78. The number of ether oxygens (including phenoxy) is 1. The minimum Gasteiger partial charge on any atom is -0.453 e. The number of piperidine rings is 1. The maximum Gasteiger partial charge on any atom is 0.409 e. The van der Waals surface area contributed by atoms with Crippen LogP contribution in [-0.4, -0.2) is 36.5 Å². The van der Waals surface area contributed by atoms with Crippen LogP contribution in [-0.2, 0) is 9.53 Å². The van der Waals surface area contributed by atoms with Gasteiger partial charge in [-0.15, -0.1) is 6.58 Å². The largest absolute Gasteiger partial charge is 0.453 e. The Morgan fingerprint density at radius 2 is 2.44 bits per heavy atom. The Balaban J connectivity index is 2.54. The number of ketones is 1. The SMILES string of the molecule is C=CCCCC1CC(=O)CCN1C(=O)OC. The molecular formula is C12H19NO3. The molecule has 1 amide bonds. The van der Waals surface area contributed by atoms with Crippen molar-refractivity contribution in [2.24, 2.45) is 0 Å². The van der Waals surface area contributed by atoms with Crippen LogP contribution in [0.15, 0.2) is 12.7 Å². The van der Waals surface area contributed by atoms with Crippen LogP contribution in [0.5, 0.6) is 0 Å². The molecule has 1 unspecified atom stereocenters. The zero-order chi connectivity index (χ0) is 12.0. The quantitative estimate of drug-likeness (QED) is 0.544. The van der Waals surface area contributed by atoms with Crippen LogP contribution in [0.3, 0.4) is 0 Å². The molecule has 0 radical (unpaired) electrons. The van der Waals surface area contributed by atoms with Gasteiger partial charge in [-0.3, -0.25) is 4.79 Å². The van der Waals surface area contributed by atoms with Gasteiger partial charge >= 0.3 is 6.09 Å². The topological polar surface area (TPSA) is 46.6 Å². The molecule has 0 spiro atoms. The molecule has 1 saturated heterocycles. The van der Waals surface area contributed by atoms with Gasteiger partial charge in [0.2, 0.25) is 0 Å². The van der Waals surface area contributed by atoms with Crippen LogP contribution in [0.4, 0.5) is 4.79 Å². The molecule has 0 aromatic carbocycles. The lowest BCUT2D eigenvalue weighted by atomic mass is 9.97. The van der Waals surface area contributed by atoms with Gasteiger partial charge in [0, 0.05) is 25.4 Å². The second-order valence-electron chi connectivity index (χ2n) is 4.03. The lowest BCUT2D eigenvalue weighted by molar-refractivity contribution is -0.122. The van der Waals surface area contributed by atoms with Crippen molar-refractivity contribution in [2.75, 3.05) is 13.7 Å². The molecule has 0 aromatic rings. The third-order valence-corrected chi connectivity index (χ3v) is 2.89. The standard InChI is InChI=1S/C12H19NO3/c1-3-4-5-6-10-9-11(14)7-8-13(10)12(15)16-2/h3,10H,1,4-9H2,2H3. The molecule has 1 aliphatic rings. The Morgan fingerprint density at radius 3 is 3.06 bits per heavy atom. The van der Waals surface area contributed by atoms with E-state index in [0.29, 0.717) is 19.4 Å². The highest BCUT2D eigenvalue weighted by Gasteiger charge is 2.30. The summed E-state index contributed by atoms with van der Waals surface area (Å²) in [6, 6.07) is 0.00801. The normalized spacial score (nSPS) is 20.7. The van der Waals surface area contributed by atoms with Crippen molar-refractivity contribution < 1.29 is 14.3 Å². The predicted molar refractivity (Wildman–Crippen MR) is 61.2 cm³/mol. The summed E-state index contributed by atoms with van der Waals surface area (Å²) in [4.78, 5) is 24.5. The summed E-state index contributed by atoms with van der Waals surface area (Å²) in [5, 5.41) is 0. The third kappa shape index (κ3) is 3.36. The molecule has 1 heterocycles. The fourth-order valence-corrected chi connectivity index (χ4v) is 2.02. The smallest absolute Gasteiger partial charge is 0.409 e. The van der Waals surface area contributed by atoms with Crippen LogP contribution in [0.2, 0.25) is 0 Å². The number of methoxy groups -OCH3 is 1. The Morgan fingerprint density at radius 1 is 1.69 bits per heavy atom. The van der Waals surface area contributed by atoms with Crippen molar-refractivity contribution in [3.05, 3.63) is 12.7 Å². The molecule has 16 heavy (non-hydrogen) atoms. The van der Waals surface area contributed by atoms with E-state index in [9.17, 15) is 9.59 Å². The van der Waals surface area contributed by atoms with Crippen molar-refractivity contribution in [2.45, 2.75) is 38.1 Å². The highest BCUT2D eigenvalue weighted by molar-refractivity contribution is 5.82. The van der Waals surface area contributed by atoms with E-state index >= 15 is 0 Å². The average Bonchev–Trinajstić information content (AvgIpc) is 2.29. The average molecular weight is 225 g/mol. The molecule has 1 aliphatic heterocycles. The Bertz CT molecular complexity index is 275. The van der Waals surface area contributed by atoms with Gasteiger partial charge in [-0.25, -0.2) is 4.79 Å². The zero-order valence-corrected chi connectivity index (χ0v) is 9.78. The molecule has 1 fully saturated rings. The molecule has 0 bridgehead atoms. The molecule has 1 atom stereocenters. The number of likely N-dealkylation sites (tertiary alicyclic amines) is 1. The van der Waals surface area contributed by atoms with E-state index in [1.54, 1.807) is 4.90 Å². The molecule has 0 saturated carbocycles. The first-order valence-electron chi connectivity index (χ1n) is 5.66. The van der Waals surface area contributed by atoms with Crippen LogP contribution in [0.25, 0.3) is 0 Å². The highest BCUT2D eigenvalue weighted by Crippen LogP contribution is 2.20. The number of carbonyl (C=O) groups is 2. The summed E-state index contributed by atoms with van der Waals surface area (Å²) in [5.41, 5.74) is 0. The Hall–Kier alpha value is -1.32. The summed E-state index contributed by atoms with van der Waals surface area (Å²) in [5.74, 6) is 0.240. The Labute approximate surface area is 96.3 Å². The third-order valence-electron chi connectivity index (χ3n) is 2.89. The number of rotatable bonds is 4. The number of hydrogen-bond donors (Lipinski definition) is 0. The van der Waals surface area contributed by atoms with Crippen molar-refractivity contribution in [3.8, 4) is 0 Å². The lowest BCUT2D eigenvalue weighted by Gasteiger charge is -2.33. The lowest BCUT2D eigenvalue weighted by Crippen LogP contribution is -2.46. The number of nitrogens with zero attached hydrogens (tertiary/aromatic N) is 1. The molecule has 0 aromatic heterocycles. The van der Waals surface area contributed by atoms with Crippen LogP contribution < -0.4 is 0 Å². The van der Waals surface area contributed by atoms with Gasteiger partial charge in [0.25, 0.3) is 0 Å². The second-order valence-corrected chi connectivity index (χ2v) is 4.03. The van der Waals surface area contributed by atoms with Crippen LogP contribution in [0.1, 0.15) is 32.1 Å². The molecule has 4 nitrogen and oxygen atoms in total. The first-order valence-corrected chi connectivity index (χ1v) is 5.66. The van der Waals surface area contributed by atoms with Gasteiger partial charge in [0.1, 0.15) is 5.78 Å². The number of Topliss-reactive ketones (excluding diaryl/α,β-unsaturated/α-hetero) is 1. The molecule has 4 heteroatoms. The number of carbonyl (C=O) groups excluding carboxylic acids is 2. The summed E-state index contributed by atoms with van der Waals surface area (Å²) in [6.45, 7) is 4.15. The van der Waals surface area contributed by atoms with E-state index < -0.39 is 0 Å². The van der Waals surface area contributed by atoms with E-state index in [4.69, 9.17) is 4.74 Å². The van der Waals surface area contributed by atoms with Crippen molar-refractivity contribution >= 4 is 11.9 Å². The van der Waals surface area contributed by atoms with Crippen molar-refractivity contribution in [3.63, 3.8) is 0 Å². The fraction of sp³-hybridized carbons (Fsp3) is 0.667. The first-order chi connectivity index (χ1) is 7.69. The van der Waals surface area contributed by atoms with Gasteiger partial charge in [0.15, 0.2) is 0 Å². The Kier molecular flexibility index (Phi) is 5.02. The van der Waals surface area contributed by atoms with E-state index in [0.717, 1.165) is 19.3 Å². The number of hydrogen-bond acceptors (Lipinski definition) is 3. The number of allylic oxidation sites excluding steroid dienone is 1.